The maximum absolute atomic E-state index is 12.9. The first-order chi connectivity index (χ1) is 16.1. The van der Waals surface area contributed by atoms with E-state index in [2.05, 4.69) is 20.6 Å². The average molecular weight is 491 g/mol. The van der Waals surface area contributed by atoms with E-state index in [1.54, 1.807) is 6.20 Å². The van der Waals surface area contributed by atoms with E-state index in [0.717, 1.165) is 25.3 Å². The van der Waals surface area contributed by atoms with Gasteiger partial charge in [-0.05, 0) is 42.0 Å². The summed E-state index contributed by atoms with van der Waals surface area (Å²) in [6.07, 6.45) is 1.66. The minimum absolute atomic E-state index is 0.114. The molecule has 1 atom stereocenters. The highest BCUT2D eigenvalue weighted by atomic mass is 32.2. The minimum Gasteiger partial charge on any atom is -0.322 e. The standard InChI is InChI=1S/C24H18N4O2S3/c1-14(21(29)28-23-25-11-12-31-23)32-24-27-19-10-9-16(13-20(19)33-24)26-22(30)18-8-4-6-15-5-2-3-7-17(15)18/h2-14H,1H3,(H,26,30)(H,25,28,29)/t14-/m0/s1. The van der Waals surface area contributed by atoms with Gasteiger partial charge in [0.15, 0.2) is 9.47 Å². The highest BCUT2D eigenvalue weighted by Crippen LogP contribution is 2.34. The molecule has 5 rings (SSSR count). The quantitative estimate of drug-likeness (QED) is 0.274. The number of hydrogen-bond acceptors (Lipinski definition) is 7. The number of aromatic nitrogens is 2. The SMILES string of the molecule is C[C@H](Sc1nc2ccc(NC(=O)c3cccc4ccccc34)cc2s1)C(=O)Nc1nccs1. The van der Waals surface area contributed by atoms with Gasteiger partial charge in [-0.15, -0.1) is 22.7 Å². The van der Waals surface area contributed by atoms with Crippen LogP contribution < -0.4 is 10.6 Å². The van der Waals surface area contributed by atoms with Gasteiger partial charge in [0.2, 0.25) is 5.91 Å². The van der Waals surface area contributed by atoms with Crippen molar-refractivity contribution < 1.29 is 9.59 Å². The molecular weight excluding hydrogens is 472 g/mol. The van der Waals surface area contributed by atoms with Crippen LogP contribution in [0, 0.1) is 0 Å². The molecule has 5 aromatic rings. The summed E-state index contributed by atoms with van der Waals surface area (Å²) in [5, 5.41) is 9.84. The lowest BCUT2D eigenvalue weighted by atomic mass is 10.0. The fourth-order valence-corrected chi connectivity index (χ4v) is 6.13. The fraction of sp³-hybridized carbons (Fsp3) is 0.0833. The van der Waals surface area contributed by atoms with Crippen molar-refractivity contribution in [3.05, 3.63) is 77.8 Å². The van der Waals surface area contributed by atoms with Crippen LogP contribution in [0.15, 0.2) is 76.6 Å². The number of fused-ring (bicyclic) bond motifs is 2. The molecule has 0 saturated carbocycles. The van der Waals surface area contributed by atoms with Gasteiger partial charge < -0.3 is 10.6 Å². The molecule has 0 fully saturated rings. The van der Waals surface area contributed by atoms with Crippen LogP contribution in [-0.4, -0.2) is 27.0 Å². The molecule has 2 amide bonds. The van der Waals surface area contributed by atoms with Crippen LogP contribution in [0.2, 0.25) is 0 Å². The van der Waals surface area contributed by atoms with Gasteiger partial charge in [-0.25, -0.2) is 9.97 Å². The first-order valence-corrected chi connectivity index (χ1v) is 12.7. The van der Waals surface area contributed by atoms with E-state index in [9.17, 15) is 9.59 Å². The summed E-state index contributed by atoms with van der Waals surface area (Å²) in [6.45, 7) is 1.84. The Hall–Kier alpha value is -3.27. The number of rotatable bonds is 6. The third kappa shape index (κ3) is 4.75. The summed E-state index contributed by atoms with van der Waals surface area (Å²) in [4.78, 5) is 34.1. The summed E-state index contributed by atoms with van der Waals surface area (Å²) >= 11 is 4.28. The lowest BCUT2D eigenvalue weighted by Gasteiger charge is -2.08. The highest BCUT2D eigenvalue weighted by molar-refractivity contribution is 8.02. The summed E-state index contributed by atoms with van der Waals surface area (Å²) in [7, 11) is 0. The second-order valence-corrected chi connectivity index (χ2v) is 10.7. The van der Waals surface area contributed by atoms with E-state index >= 15 is 0 Å². The van der Waals surface area contributed by atoms with E-state index in [0.29, 0.717) is 16.4 Å². The van der Waals surface area contributed by atoms with Crippen molar-refractivity contribution in [3.8, 4) is 0 Å². The van der Waals surface area contributed by atoms with Gasteiger partial charge in [-0.2, -0.15) is 0 Å². The molecule has 9 heteroatoms. The molecular formula is C24H18N4O2S3. The third-order valence-electron chi connectivity index (χ3n) is 4.97. The smallest absolute Gasteiger partial charge is 0.256 e. The van der Waals surface area contributed by atoms with E-state index in [4.69, 9.17) is 0 Å². The van der Waals surface area contributed by atoms with Crippen molar-refractivity contribution >= 4 is 78.1 Å². The Morgan fingerprint density at radius 3 is 2.73 bits per heavy atom. The molecule has 2 aromatic heterocycles. The number of nitrogens with one attached hydrogen (secondary N) is 2. The lowest BCUT2D eigenvalue weighted by Crippen LogP contribution is -2.22. The van der Waals surface area contributed by atoms with Gasteiger partial charge in [0.25, 0.3) is 5.91 Å². The van der Waals surface area contributed by atoms with Crippen molar-refractivity contribution in [2.75, 3.05) is 10.6 Å². The van der Waals surface area contributed by atoms with Crippen LogP contribution in [0.25, 0.3) is 21.0 Å². The summed E-state index contributed by atoms with van der Waals surface area (Å²) < 4.78 is 1.74. The lowest BCUT2D eigenvalue weighted by molar-refractivity contribution is -0.115. The van der Waals surface area contributed by atoms with Crippen molar-refractivity contribution in [1.29, 1.82) is 0 Å². The molecule has 0 aliphatic heterocycles. The predicted molar refractivity (Wildman–Crippen MR) is 138 cm³/mol. The first-order valence-electron chi connectivity index (χ1n) is 10.1. The minimum atomic E-state index is -0.319. The first kappa shape index (κ1) is 21.6. The molecule has 0 bridgehead atoms. The maximum atomic E-state index is 12.9. The number of anilines is 2. The zero-order valence-corrected chi connectivity index (χ0v) is 19.9. The van der Waals surface area contributed by atoms with Crippen LogP contribution in [0.4, 0.5) is 10.8 Å². The van der Waals surface area contributed by atoms with Crippen molar-refractivity contribution in [3.63, 3.8) is 0 Å². The van der Waals surface area contributed by atoms with E-state index in [1.165, 1.54) is 34.4 Å². The molecule has 0 radical (unpaired) electrons. The van der Waals surface area contributed by atoms with Crippen LogP contribution in [0.1, 0.15) is 17.3 Å². The number of thiazole rings is 2. The van der Waals surface area contributed by atoms with Gasteiger partial charge in [-0.1, -0.05) is 48.2 Å². The number of carbonyl (C=O) groups is 2. The fourth-order valence-electron chi connectivity index (χ4n) is 3.35. The molecule has 0 spiro atoms. The number of hydrogen-bond donors (Lipinski definition) is 2. The summed E-state index contributed by atoms with van der Waals surface area (Å²) in [5.74, 6) is -0.269. The van der Waals surface area contributed by atoms with Crippen LogP contribution in [0.3, 0.4) is 0 Å². The van der Waals surface area contributed by atoms with Crippen LogP contribution >= 0.6 is 34.4 Å². The number of nitrogens with zero attached hydrogens (tertiary/aromatic N) is 2. The third-order valence-corrected chi connectivity index (χ3v) is 7.87. The Balaban J connectivity index is 1.31. The van der Waals surface area contributed by atoms with Gasteiger partial charge >= 0.3 is 0 Å². The molecule has 33 heavy (non-hydrogen) atoms. The topological polar surface area (TPSA) is 84.0 Å². The van der Waals surface area contributed by atoms with E-state index < -0.39 is 0 Å². The molecule has 164 valence electrons. The Labute approximate surface area is 202 Å². The number of benzene rings is 3. The van der Waals surface area contributed by atoms with Gasteiger partial charge in [-0.3, -0.25) is 9.59 Å². The Kier molecular flexibility index (Phi) is 6.08. The van der Waals surface area contributed by atoms with Gasteiger partial charge in [0, 0.05) is 22.8 Å². The number of carbonyl (C=O) groups excluding carboxylic acids is 2. The molecule has 2 N–H and O–H groups in total. The van der Waals surface area contributed by atoms with Crippen molar-refractivity contribution in [1.82, 2.24) is 9.97 Å². The Morgan fingerprint density at radius 2 is 1.88 bits per heavy atom. The summed E-state index contributed by atoms with van der Waals surface area (Å²) in [5.41, 5.74) is 2.17. The Morgan fingerprint density at radius 1 is 1.03 bits per heavy atom. The molecule has 2 heterocycles. The number of thioether (sulfide) groups is 1. The average Bonchev–Trinajstić information content (AvgIpc) is 3.47. The highest BCUT2D eigenvalue weighted by Gasteiger charge is 2.18. The van der Waals surface area contributed by atoms with Crippen LogP contribution in [-0.2, 0) is 4.79 Å². The largest absolute Gasteiger partial charge is 0.322 e. The second-order valence-electron chi connectivity index (χ2n) is 7.23. The zero-order chi connectivity index (χ0) is 22.8. The molecule has 0 unspecified atom stereocenters. The number of amides is 2. The monoisotopic (exact) mass is 490 g/mol. The van der Waals surface area contributed by atoms with Crippen molar-refractivity contribution in [2.24, 2.45) is 0 Å². The molecule has 3 aromatic carbocycles. The van der Waals surface area contributed by atoms with Gasteiger partial charge in [0.05, 0.1) is 15.5 Å². The molecule has 0 saturated heterocycles. The maximum Gasteiger partial charge on any atom is 0.256 e. The van der Waals surface area contributed by atoms with E-state index in [-0.39, 0.29) is 17.1 Å². The zero-order valence-electron chi connectivity index (χ0n) is 17.4. The van der Waals surface area contributed by atoms with Crippen LogP contribution in [0.5, 0.6) is 0 Å². The van der Waals surface area contributed by atoms with Gasteiger partial charge in [0.1, 0.15) is 0 Å². The predicted octanol–water partition coefficient (Wildman–Crippen LogP) is 6.28. The normalized spacial score (nSPS) is 12.0. The van der Waals surface area contributed by atoms with Crippen molar-refractivity contribution in [2.45, 2.75) is 16.5 Å². The Bertz CT molecular complexity index is 1460. The van der Waals surface area contributed by atoms with E-state index in [1.807, 2.05) is 73.0 Å². The molecule has 0 aliphatic rings. The molecule has 6 nitrogen and oxygen atoms in total. The summed E-state index contributed by atoms with van der Waals surface area (Å²) in [6, 6.07) is 19.2. The molecule has 0 aliphatic carbocycles. The second kappa shape index (κ2) is 9.30.